The fourth-order valence-corrected chi connectivity index (χ4v) is 1.97. The van der Waals surface area contributed by atoms with Crippen molar-refractivity contribution in [1.29, 1.82) is 0 Å². The lowest BCUT2D eigenvalue weighted by Gasteiger charge is -2.19. The number of ether oxygens (including phenoxy) is 1. The molecule has 4 heteroatoms. The van der Waals surface area contributed by atoms with Gasteiger partial charge in [0.1, 0.15) is 11.9 Å². The number of ketones is 1. The van der Waals surface area contributed by atoms with Gasteiger partial charge in [-0.25, -0.2) is 4.79 Å². The largest absolute Gasteiger partial charge is 0.454 e. The van der Waals surface area contributed by atoms with Crippen molar-refractivity contribution in [3.63, 3.8) is 0 Å². The quantitative estimate of drug-likeness (QED) is 0.596. The number of esters is 1. The Balaban J connectivity index is 3.05. The van der Waals surface area contributed by atoms with Crippen molar-refractivity contribution < 1.29 is 19.4 Å². The second kappa shape index (κ2) is 7.93. The van der Waals surface area contributed by atoms with E-state index in [-0.39, 0.29) is 24.7 Å². The third-order valence-electron chi connectivity index (χ3n) is 3.77. The molecule has 1 aliphatic rings. The predicted octanol–water partition coefficient (Wildman–Crippen LogP) is 2.87. The average Bonchev–Trinajstić information content (AvgIpc) is 2.46. The van der Waals surface area contributed by atoms with Crippen molar-refractivity contribution in [3.8, 4) is 0 Å². The van der Waals surface area contributed by atoms with Crippen LogP contribution >= 0.6 is 0 Å². The van der Waals surface area contributed by atoms with Gasteiger partial charge in [-0.2, -0.15) is 0 Å². The van der Waals surface area contributed by atoms with E-state index in [2.05, 4.69) is 0 Å². The van der Waals surface area contributed by atoms with Crippen molar-refractivity contribution in [1.82, 2.24) is 0 Å². The van der Waals surface area contributed by atoms with E-state index in [1.165, 1.54) is 0 Å². The van der Waals surface area contributed by atoms with Crippen LogP contribution in [0.1, 0.15) is 47.0 Å². The SMILES string of the molecule is C/C=C(/C)C1C/C=C(\C)C(O)CC(=O)C/C=C(/C)C(=O)O1. The molecule has 0 amide bonds. The van der Waals surface area contributed by atoms with Gasteiger partial charge in [0.25, 0.3) is 0 Å². The van der Waals surface area contributed by atoms with Crippen molar-refractivity contribution in [2.45, 2.75) is 59.2 Å². The summed E-state index contributed by atoms with van der Waals surface area (Å²) in [6.07, 6.45) is 4.91. The number of carbonyl (C=O) groups excluding carboxylic acids is 2. The Kier molecular flexibility index (Phi) is 6.56. The van der Waals surface area contributed by atoms with Gasteiger partial charge in [-0.05, 0) is 38.8 Å². The van der Waals surface area contributed by atoms with E-state index in [4.69, 9.17) is 4.74 Å². The Bertz CT molecular complexity index is 497. The molecule has 0 saturated carbocycles. The van der Waals surface area contributed by atoms with Gasteiger partial charge in [0.2, 0.25) is 0 Å². The number of carbonyl (C=O) groups is 2. The molecule has 0 aromatic heterocycles. The van der Waals surface area contributed by atoms with Gasteiger partial charge in [0, 0.05) is 24.8 Å². The van der Waals surface area contributed by atoms with Crippen molar-refractivity contribution in [2.75, 3.05) is 0 Å². The van der Waals surface area contributed by atoms with Crippen molar-refractivity contribution >= 4 is 11.8 Å². The number of cyclic esters (lactones) is 1. The van der Waals surface area contributed by atoms with E-state index in [9.17, 15) is 14.7 Å². The summed E-state index contributed by atoms with van der Waals surface area (Å²) in [5.74, 6) is -0.495. The lowest BCUT2D eigenvalue weighted by atomic mass is 9.99. The minimum atomic E-state index is -0.770. The van der Waals surface area contributed by atoms with Crippen LogP contribution in [-0.2, 0) is 14.3 Å². The first-order valence-corrected chi connectivity index (χ1v) is 7.22. The zero-order valence-electron chi connectivity index (χ0n) is 13.2. The molecular formula is C17H24O4. The highest BCUT2D eigenvalue weighted by atomic mass is 16.5. The molecule has 1 aliphatic heterocycles. The Labute approximate surface area is 126 Å². The zero-order chi connectivity index (χ0) is 16.0. The Morgan fingerprint density at radius 1 is 1.33 bits per heavy atom. The summed E-state index contributed by atoms with van der Waals surface area (Å²) in [7, 11) is 0. The first-order valence-electron chi connectivity index (χ1n) is 7.22. The monoisotopic (exact) mass is 292 g/mol. The molecule has 1 heterocycles. The van der Waals surface area contributed by atoms with Crippen LogP contribution in [0.3, 0.4) is 0 Å². The molecule has 0 aliphatic carbocycles. The smallest absolute Gasteiger partial charge is 0.334 e. The van der Waals surface area contributed by atoms with Crippen LogP contribution in [0.15, 0.2) is 34.9 Å². The second-order valence-electron chi connectivity index (χ2n) is 5.46. The van der Waals surface area contributed by atoms with E-state index in [0.717, 1.165) is 11.1 Å². The molecule has 0 aromatic rings. The molecule has 0 fully saturated rings. The summed E-state index contributed by atoms with van der Waals surface area (Å²) in [5, 5.41) is 10.00. The molecule has 2 atom stereocenters. The van der Waals surface area contributed by atoms with Gasteiger partial charge in [0.15, 0.2) is 0 Å². The molecule has 4 nitrogen and oxygen atoms in total. The van der Waals surface area contributed by atoms with E-state index in [1.807, 2.05) is 26.0 Å². The Morgan fingerprint density at radius 3 is 2.62 bits per heavy atom. The van der Waals surface area contributed by atoms with E-state index < -0.39 is 12.1 Å². The Morgan fingerprint density at radius 2 is 2.00 bits per heavy atom. The van der Waals surface area contributed by atoms with Crippen molar-refractivity contribution in [2.24, 2.45) is 0 Å². The van der Waals surface area contributed by atoms with E-state index in [1.54, 1.807) is 19.9 Å². The fraction of sp³-hybridized carbons (Fsp3) is 0.529. The first-order chi connectivity index (χ1) is 9.85. The molecule has 0 aromatic carbocycles. The maximum absolute atomic E-state index is 12.0. The molecule has 1 N–H and O–H groups in total. The fourth-order valence-electron chi connectivity index (χ4n) is 1.97. The number of hydrogen-bond donors (Lipinski definition) is 1. The standard InChI is InChI=1S/C17H24O4/c1-5-11(2)16-9-7-12(3)15(19)10-14(18)8-6-13(4)17(20)21-16/h5-7,15-16,19H,8-10H2,1-4H3/b11-5-,12-7+,13-6-. The molecule has 1 rings (SSSR count). The first kappa shape index (κ1) is 17.4. The van der Waals surface area contributed by atoms with Gasteiger partial charge < -0.3 is 9.84 Å². The lowest BCUT2D eigenvalue weighted by Crippen LogP contribution is -2.21. The van der Waals surface area contributed by atoms with Crippen LogP contribution in [0.2, 0.25) is 0 Å². The van der Waals surface area contributed by atoms with E-state index in [0.29, 0.717) is 12.0 Å². The minimum absolute atomic E-state index is 0.0778. The number of allylic oxidation sites excluding steroid dienone is 2. The summed E-state index contributed by atoms with van der Waals surface area (Å²) in [5.41, 5.74) is 2.12. The highest BCUT2D eigenvalue weighted by Crippen LogP contribution is 2.18. The number of aliphatic hydroxyl groups excluding tert-OH is 1. The van der Waals surface area contributed by atoms with Crippen LogP contribution < -0.4 is 0 Å². The second-order valence-corrected chi connectivity index (χ2v) is 5.46. The molecule has 2 unspecified atom stereocenters. The summed E-state index contributed by atoms with van der Waals surface area (Å²) in [6, 6.07) is 0. The van der Waals surface area contributed by atoms with Crippen LogP contribution in [0.4, 0.5) is 0 Å². The van der Waals surface area contributed by atoms with E-state index >= 15 is 0 Å². The van der Waals surface area contributed by atoms with Gasteiger partial charge in [-0.1, -0.05) is 18.2 Å². The zero-order valence-corrected chi connectivity index (χ0v) is 13.2. The van der Waals surface area contributed by atoms with Gasteiger partial charge in [-0.3, -0.25) is 4.79 Å². The maximum Gasteiger partial charge on any atom is 0.334 e. The molecule has 21 heavy (non-hydrogen) atoms. The van der Waals surface area contributed by atoms with Crippen LogP contribution in [0.5, 0.6) is 0 Å². The topological polar surface area (TPSA) is 63.6 Å². The molecule has 0 saturated heterocycles. The van der Waals surface area contributed by atoms with Crippen LogP contribution in [0.25, 0.3) is 0 Å². The predicted molar refractivity (Wildman–Crippen MR) is 81.7 cm³/mol. The molecule has 0 bridgehead atoms. The third-order valence-corrected chi connectivity index (χ3v) is 3.77. The van der Waals surface area contributed by atoms with Gasteiger partial charge in [0.05, 0.1) is 6.10 Å². The Hall–Kier alpha value is -1.68. The number of hydrogen-bond acceptors (Lipinski definition) is 4. The highest BCUT2D eigenvalue weighted by molar-refractivity contribution is 5.89. The molecule has 0 spiro atoms. The summed E-state index contributed by atoms with van der Waals surface area (Å²) >= 11 is 0. The van der Waals surface area contributed by atoms with Crippen LogP contribution in [-0.4, -0.2) is 29.1 Å². The average molecular weight is 292 g/mol. The van der Waals surface area contributed by atoms with Gasteiger partial charge >= 0.3 is 5.97 Å². The van der Waals surface area contributed by atoms with Crippen molar-refractivity contribution in [3.05, 3.63) is 34.9 Å². The summed E-state index contributed by atoms with van der Waals surface area (Å²) in [4.78, 5) is 23.7. The number of rotatable bonds is 1. The molecular weight excluding hydrogens is 268 g/mol. The lowest BCUT2D eigenvalue weighted by molar-refractivity contribution is -0.142. The maximum atomic E-state index is 12.0. The van der Waals surface area contributed by atoms with Crippen LogP contribution in [0, 0.1) is 0 Å². The highest BCUT2D eigenvalue weighted by Gasteiger charge is 2.19. The molecule has 116 valence electrons. The normalized spacial score (nSPS) is 31.2. The van der Waals surface area contributed by atoms with Gasteiger partial charge in [-0.15, -0.1) is 0 Å². The third kappa shape index (κ3) is 5.31. The summed E-state index contributed by atoms with van der Waals surface area (Å²) < 4.78 is 5.49. The number of aliphatic hydroxyl groups is 1. The summed E-state index contributed by atoms with van der Waals surface area (Å²) in [6.45, 7) is 7.23. The minimum Gasteiger partial charge on any atom is -0.454 e. The molecule has 0 radical (unpaired) electrons. The number of Topliss-reactive ketones (excluding diaryl/α,β-unsaturated/α-hetero) is 1.